The first-order valence-electron chi connectivity index (χ1n) is 10.1. The van der Waals surface area contributed by atoms with Gasteiger partial charge in [-0.25, -0.2) is 8.78 Å². The Labute approximate surface area is 174 Å². The number of carboxylic acids is 1. The fourth-order valence-electron chi connectivity index (χ4n) is 3.82. The van der Waals surface area contributed by atoms with Crippen LogP contribution in [0.2, 0.25) is 0 Å². The molecule has 1 fully saturated rings. The minimum atomic E-state index is -1.00. The Kier molecular flexibility index (Phi) is 6.65. The van der Waals surface area contributed by atoms with Gasteiger partial charge in [0.15, 0.2) is 11.6 Å². The zero-order valence-electron chi connectivity index (χ0n) is 17.1. The van der Waals surface area contributed by atoms with Gasteiger partial charge in [0, 0.05) is 24.7 Å². The Bertz CT molecular complexity index is 976. The van der Waals surface area contributed by atoms with Crippen molar-refractivity contribution in [1.82, 2.24) is 4.90 Å². The zero-order chi connectivity index (χ0) is 21.8. The molecule has 30 heavy (non-hydrogen) atoms. The van der Waals surface area contributed by atoms with Crippen molar-refractivity contribution < 1.29 is 23.5 Å². The van der Waals surface area contributed by atoms with E-state index >= 15 is 0 Å². The van der Waals surface area contributed by atoms with Gasteiger partial charge in [-0.3, -0.25) is 9.59 Å². The average Bonchev–Trinajstić information content (AvgIpc) is 2.74. The summed E-state index contributed by atoms with van der Waals surface area (Å²) in [5.74, 6) is -3.44. The second kappa shape index (κ2) is 9.20. The summed E-state index contributed by atoms with van der Waals surface area (Å²) < 4.78 is 28.7. The van der Waals surface area contributed by atoms with Crippen molar-refractivity contribution in [1.29, 1.82) is 0 Å². The van der Waals surface area contributed by atoms with Crippen molar-refractivity contribution in [2.24, 2.45) is 5.92 Å². The molecule has 0 spiro atoms. The van der Waals surface area contributed by atoms with E-state index in [1.807, 2.05) is 38.1 Å². The summed E-state index contributed by atoms with van der Waals surface area (Å²) in [7, 11) is 0. The molecule has 2 aromatic carbocycles. The van der Waals surface area contributed by atoms with Gasteiger partial charge in [0.05, 0.1) is 5.92 Å². The number of carboxylic acid groups (broad SMARTS) is 1. The Morgan fingerprint density at radius 1 is 1.07 bits per heavy atom. The highest BCUT2D eigenvalue weighted by atomic mass is 19.2. The van der Waals surface area contributed by atoms with Crippen molar-refractivity contribution in [2.45, 2.75) is 32.6 Å². The van der Waals surface area contributed by atoms with Crippen LogP contribution < -0.4 is 0 Å². The number of amides is 1. The summed E-state index contributed by atoms with van der Waals surface area (Å²) in [6.45, 7) is 4.71. The number of hydrogen-bond acceptors (Lipinski definition) is 2. The van der Waals surface area contributed by atoms with Crippen molar-refractivity contribution in [2.75, 3.05) is 13.1 Å². The number of halogens is 2. The van der Waals surface area contributed by atoms with Gasteiger partial charge in [0.2, 0.25) is 5.91 Å². The maximum Gasteiger partial charge on any atom is 0.306 e. The smallest absolute Gasteiger partial charge is 0.306 e. The molecule has 0 unspecified atom stereocenters. The molecule has 0 atom stereocenters. The van der Waals surface area contributed by atoms with Crippen LogP contribution in [0.25, 0.3) is 17.2 Å². The van der Waals surface area contributed by atoms with E-state index in [0.717, 1.165) is 17.2 Å². The Morgan fingerprint density at radius 2 is 1.73 bits per heavy atom. The van der Waals surface area contributed by atoms with Crippen LogP contribution in [0, 0.1) is 17.6 Å². The quantitative estimate of drug-likeness (QED) is 0.695. The maximum absolute atomic E-state index is 14.7. The van der Waals surface area contributed by atoms with Gasteiger partial charge in [-0.2, -0.15) is 0 Å². The van der Waals surface area contributed by atoms with Gasteiger partial charge in [-0.15, -0.1) is 0 Å². The third-order valence-corrected chi connectivity index (χ3v) is 5.55. The largest absolute Gasteiger partial charge is 0.481 e. The van der Waals surface area contributed by atoms with Crippen molar-refractivity contribution in [3.8, 4) is 11.1 Å². The van der Waals surface area contributed by atoms with Crippen LogP contribution in [0.3, 0.4) is 0 Å². The molecule has 0 aliphatic carbocycles. The molecular formula is C24H25F2NO3. The molecule has 3 rings (SSSR count). The topological polar surface area (TPSA) is 57.6 Å². The summed E-state index contributed by atoms with van der Waals surface area (Å²) in [5.41, 5.74) is 2.34. The number of rotatable bonds is 5. The summed E-state index contributed by atoms with van der Waals surface area (Å²) in [4.78, 5) is 25.1. The fourth-order valence-corrected chi connectivity index (χ4v) is 3.82. The molecule has 0 saturated carbocycles. The molecule has 1 aliphatic rings. The third-order valence-electron chi connectivity index (χ3n) is 5.55. The highest BCUT2D eigenvalue weighted by Gasteiger charge is 2.26. The fraction of sp³-hybridized carbons (Fsp3) is 0.333. The molecule has 0 aromatic heterocycles. The minimum absolute atomic E-state index is 0.0249. The molecule has 0 radical (unpaired) electrons. The van der Waals surface area contributed by atoms with Gasteiger partial charge in [0.25, 0.3) is 0 Å². The summed E-state index contributed by atoms with van der Waals surface area (Å²) in [6, 6.07) is 10.2. The lowest BCUT2D eigenvalue weighted by Gasteiger charge is -2.29. The van der Waals surface area contributed by atoms with Crippen LogP contribution in [-0.2, 0) is 9.59 Å². The molecular weight excluding hydrogens is 388 g/mol. The Hall–Kier alpha value is -3.02. The second-order valence-electron chi connectivity index (χ2n) is 7.84. The summed E-state index contributed by atoms with van der Waals surface area (Å²) >= 11 is 0. The van der Waals surface area contributed by atoms with E-state index in [1.54, 1.807) is 0 Å². The van der Waals surface area contributed by atoms with E-state index in [4.69, 9.17) is 5.11 Å². The first kappa shape index (κ1) is 21.7. The Morgan fingerprint density at radius 3 is 2.37 bits per heavy atom. The lowest BCUT2D eigenvalue weighted by Crippen LogP contribution is -2.39. The lowest BCUT2D eigenvalue weighted by molar-refractivity contribution is -0.144. The van der Waals surface area contributed by atoms with Crippen molar-refractivity contribution >= 4 is 18.0 Å². The summed E-state index contributed by atoms with van der Waals surface area (Å²) in [5, 5.41) is 9.08. The lowest BCUT2D eigenvalue weighted by atomic mass is 9.90. The number of benzene rings is 2. The molecule has 1 heterocycles. The molecule has 1 aliphatic heterocycles. The first-order chi connectivity index (χ1) is 14.3. The zero-order valence-corrected chi connectivity index (χ0v) is 17.1. The maximum atomic E-state index is 14.7. The van der Waals surface area contributed by atoms with Gasteiger partial charge >= 0.3 is 5.97 Å². The number of likely N-dealkylation sites (tertiary alicyclic amines) is 1. The highest BCUT2D eigenvalue weighted by molar-refractivity contribution is 5.93. The van der Waals surface area contributed by atoms with E-state index in [-0.39, 0.29) is 17.4 Å². The second-order valence-corrected chi connectivity index (χ2v) is 7.84. The first-order valence-corrected chi connectivity index (χ1v) is 10.1. The summed E-state index contributed by atoms with van der Waals surface area (Å²) in [6.07, 6.45) is 3.32. The molecule has 0 bridgehead atoms. The number of hydrogen-bond donors (Lipinski definition) is 1. The van der Waals surface area contributed by atoms with Crippen molar-refractivity contribution in [3.63, 3.8) is 0 Å². The number of piperidine rings is 1. The van der Waals surface area contributed by atoms with E-state index in [2.05, 4.69) is 0 Å². The third kappa shape index (κ3) is 4.58. The van der Waals surface area contributed by atoms with E-state index < -0.39 is 23.5 Å². The average molecular weight is 413 g/mol. The van der Waals surface area contributed by atoms with Crippen LogP contribution in [0.4, 0.5) is 8.78 Å². The predicted octanol–water partition coefficient (Wildman–Crippen LogP) is 5.09. The number of aliphatic carboxylic acids is 1. The molecule has 158 valence electrons. The van der Waals surface area contributed by atoms with Crippen molar-refractivity contribution in [3.05, 3.63) is 65.2 Å². The van der Waals surface area contributed by atoms with Crippen LogP contribution >= 0.6 is 0 Å². The van der Waals surface area contributed by atoms with Gasteiger partial charge < -0.3 is 10.0 Å². The predicted molar refractivity (Wildman–Crippen MR) is 112 cm³/mol. The van der Waals surface area contributed by atoms with Crippen LogP contribution in [0.15, 0.2) is 42.5 Å². The van der Waals surface area contributed by atoms with Gasteiger partial charge in [0.1, 0.15) is 0 Å². The minimum Gasteiger partial charge on any atom is -0.481 e. The molecule has 6 heteroatoms. The van der Waals surface area contributed by atoms with Crippen LogP contribution in [0.5, 0.6) is 0 Å². The van der Waals surface area contributed by atoms with E-state index in [1.165, 1.54) is 23.1 Å². The van der Waals surface area contributed by atoms with Gasteiger partial charge in [-0.05, 0) is 47.6 Å². The standard InChI is InChI=1S/C24H25F2NO3/c1-15(2)17-5-3-4-6-18(17)19-7-9-21(25)23(26)20(19)8-10-22(28)27-13-11-16(12-14-27)24(29)30/h3-10,15-16H,11-14H2,1-2H3,(H,29,30)/b10-8+. The monoisotopic (exact) mass is 413 g/mol. The molecule has 4 nitrogen and oxygen atoms in total. The molecule has 1 amide bonds. The SMILES string of the molecule is CC(C)c1ccccc1-c1ccc(F)c(F)c1/C=C/C(=O)N1CCC(C(=O)O)CC1. The molecule has 1 N–H and O–H groups in total. The van der Waals surface area contributed by atoms with E-state index in [0.29, 0.717) is 31.5 Å². The molecule has 2 aromatic rings. The van der Waals surface area contributed by atoms with E-state index in [9.17, 15) is 18.4 Å². The number of carbonyl (C=O) groups is 2. The van der Waals surface area contributed by atoms with Crippen LogP contribution in [0.1, 0.15) is 43.7 Å². The highest BCUT2D eigenvalue weighted by Crippen LogP contribution is 2.34. The number of nitrogens with zero attached hydrogens (tertiary/aromatic N) is 1. The normalized spacial score (nSPS) is 15.2. The number of carbonyl (C=O) groups excluding carboxylic acids is 1. The Balaban J connectivity index is 1.90. The molecule has 1 saturated heterocycles. The van der Waals surface area contributed by atoms with Gasteiger partial charge in [-0.1, -0.05) is 44.2 Å². The van der Waals surface area contributed by atoms with Crippen LogP contribution in [-0.4, -0.2) is 35.0 Å².